The van der Waals surface area contributed by atoms with Gasteiger partial charge in [0.15, 0.2) is 0 Å². The minimum Gasteiger partial charge on any atom is -0.445 e. The normalized spacial score (nSPS) is 27.9. The molecule has 3 aliphatic rings. The molecule has 200 valence electrons. The summed E-state index contributed by atoms with van der Waals surface area (Å²) in [6.07, 6.45) is 3.78. The summed E-state index contributed by atoms with van der Waals surface area (Å²) in [4.78, 5) is 31.1. The molecule has 1 aliphatic carbocycles. The average Bonchev–Trinajstić information content (AvgIpc) is 2.80. The van der Waals surface area contributed by atoms with Crippen molar-refractivity contribution >= 4 is 12.2 Å². The maximum Gasteiger partial charge on any atom is 0.410 e. The largest absolute Gasteiger partial charge is 0.445 e. The number of hydrogen-bond acceptors (Lipinski definition) is 6. The first-order valence-electron chi connectivity index (χ1n) is 13.5. The monoisotopic (exact) mass is 501 g/mol. The maximum absolute atomic E-state index is 12.5. The van der Waals surface area contributed by atoms with Crippen LogP contribution >= 0.6 is 0 Å². The number of benzene rings is 1. The van der Waals surface area contributed by atoms with E-state index in [9.17, 15) is 9.59 Å². The molecule has 3 fully saturated rings. The zero-order valence-corrected chi connectivity index (χ0v) is 22.5. The summed E-state index contributed by atoms with van der Waals surface area (Å²) >= 11 is 0. The Kier molecular flexibility index (Phi) is 8.45. The Morgan fingerprint density at radius 2 is 1.50 bits per heavy atom. The molecule has 2 saturated heterocycles. The highest BCUT2D eigenvalue weighted by atomic mass is 16.6. The number of rotatable bonds is 5. The molecule has 0 radical (unpaired) electrons. The van der Waals surface area contributed by atoms with Gasteiger partial charge in [-0.15, -0.1) is 0 Å². The minimum absolute atomic E-state index is 0.202. The summed E-state index contributed by atoms with van der Waals surface area (Å²) in [5.41, 5.74) is 0.524. The van der Waals surface area contributed by atoms with E-state index in [-0.39, 0.29) is 36.5 Å². The average molecular weight is 502 g/mol. The topological polar surface area (TPSA) is 71.6 Å². The van der Waals surface area contributed by atoms with Crippen molar-refractivity contribution in [1.82, 2.24) is 14.7 Å². The first kappa shape index (κ1) is 26.7. The van der Waals surface area contributed by atoms with Crippen LogP contribution in [-0.2, 0) is 20.8 Å². The second-order valence-electron chi connectivity index (χ2n) is 11.6. The standard InChI is InChI=1S/C28H43N3O5/c1-20-17-30(27(33)36-28(3,4)5)18-21(2)31(20)23-15-25(16-23)35-24-11-13-29(14-12-24)26(32)34-19-22-9-7-6-8-10-22/h6-10,20-21,23-25H,11-19H2,1-5H3/t20-,21+,23?,25?. The Balaban J connectivity index is 1.15. The zero-order chi connectivity index (χ0) is 25.9. The van der Waals surface area contributed by atoms with Gasteiger partial charge in [-0.3, -0.25) is 4.90 Å². The molecule has 0 unspecified atom stereocenters. The predicted molar refractivity (Wildman–Crippen MR) is 138 cm³/mol. The van der Waals surface area contributed by atoms with Crippen LogP contribution in [0, 0.1) is 0 Å². The van der Waals surface area contributed by atoms with Crippen LogP contribution in [0.25, 0.3) is 0 Å². The van der Waals surface area contributed by atoms with E-state index < -0.39 is 5.60 Å². The lowest BCUT2D eigenvalue weighted by atomic mass is 9.84. The molecule has 8 nitrogen and oxygen atoms in total. The highest BCUT2D eigenvalue weighted by Crippen LogP contribution is 2.35. The lowest BCUT2D eigenvalue weighted by Gasteiger charge is -2.53. The quantitative estimate of drug-likeness (QED) is 0.584. The van der Waals surface area contributed by atoms with Gasteiger partial charge in [0.1, 0.15) is 12.2 Å². The molecule has 1 aromatic carbocycles. The predicted octanol–water partition coefficient (Wildman–Crippen LogP) is 4.66. The molecule has 0 aromatic heterocycles. The van der Waals surface area contributed by atoms with Gasteiger partial charge in [0.05, 0.1) is 12.2 Å². The van der Waals surface area contributed by atoms with Gasteiger partial charge in [-0.1, -0.05) is 30.3 Å². The van der Waals surface area contributed by atoms with Gasteiger partial charge >= 0.3 is 12.2 Å². The van der Waals surface area contributed by atoms with Crippen LogP contribution in [0.1, 0.15) is 65.9 Å². The molecule has 1 saturated carbocycles. The molecule has 2 aliphatic heterocycles. The number of nitrogens with zero attached hydrogens (tertiary/aromatic N) is 3. The number of piperidine rings is 1. The Morgan fingerprint density at radius 1 is 0.889 bits per heavy atom. The Bertz CT molecular complexity index is 863. The molecule has 2 heterocycles. The lowest BCUT2D eigenvalue weighted by Crippen LogP contribution is -2.64. The molecule has 2 amide bonds. The summed E-state index contributed by atoms with van der Waals surface area (Å²) in [5, 5.41) is 0. The molecule has 0 bridgehead atoms. The van der Waals surface area contributed by atoms with Crippen molar-refractivity contribution in [2.45, 2.75) is 103 Å². The molecule has 0 spiro atoms. The highest BCUT2D eigenvalue weighted by molar-refractivity contribution is 5.68. The molecule has 0 N–H and O–H groups in total. The third kappa shape index (κ3) is 6.91. The molecule has 36 heavy (non-hydrogen) atoms. The zero-order valence-electron chi connectivity index (χ0n) is 22.5. The number of amides is 2. The fourth-order valence-electron chi connectivity index (χ4n) is 5.68. The van der Waals surface area contributed by atoms with E-state index in [1.807, 2.05) is 56.0 Å². The summed E-state index contributed by atoms with van der Waals surface area (Å²) in [6.45, 7) is 13.2. The van der Waals surface area contributed by atoms with Crippen molar-refractivity contribution < 1.29 is 23.8 Å². The van der Waals surface area contributed by atoms with Crippen LogP contribution in [0.2, 0.25) is 0 Å². The highest BCUT2D eigenvalue weighted by Gasteiger charge is 2.43. The smallest absolute Gasteiger partial charge is 0.410 e. The van der Waals surface area contributed by atoms with Gasteiger partial charge in [0.2, 0.25) is 0 Å². The summed E-state index contributed by atoms with van der Waals surface area (Å²) in [6, 6.07) is 10.8. The summed E-state index contributed by atoms with van der Waals surface area (Å²) < 4.78 is 17.5. The number of carbonyl (C=O) groups is 2. The fourth-order valence-corrected chi connectivity index (χ4v) is 5.68. The molecule has 2 atom stereocenters. The van der Waals surface area contributed by atoms with E-state index in [1.165, 1.54) is 0 Å². The van der Waals surface area contributed by atoms with Crippen LogP contribution in [0.5, 0.6) is 0 Å². The molecular weight excluding hydrogens is 458 g/mol. The molecule has 8 heteroatoms. The molecule has 4 rings (SSSR count). The van der Waals surface area contributed by atoms with Gasteiger partial charge in [-0.2, -0.15) is 0 Å². The van der Waals surface area contributed by atoms with E-state index in [4.69, 9.17) is 14.2 Å². The van der Waals surface area contributed by atoms with E-state index in [0.29, 0.717) is 38.8 Å². The van der Waals surface area contributed by atoms with Gasteiger partial charge in [-0.05, 0) is 65.9 Å². The summed E-state index contributed by atoms with van der Waals surface area (Å²) in [7, 11) is 0. The minimum atomic E-state index is -0.474. The van der Waals surface area contributed by atoms with Crippen molar-refractivity contribution in [3.63, 3.8) is 0 Å². The Morgan fingerprint density at radius 3 is 2.08 bits per heavy atom. The van der Waals surface area contributed by atoms with Gasteiger partial charge in [0, 0.05) is 44.3 Å². The summed E-state index contributed by atoms with van der Waals surface area (Å²) in [5.74, 6) is 0. The van der Waals surface area contributed by atoms with E-state index in [0.717, 1.165) is 31.2 Å². The second-order valence-corrected chi connectivity index (χ2v) is 11.6. The Hall–Kier alpha value is -2.32. The number of piperazine rings is 1. The fraction of sp³-hybridized carbons (Fsp3) is 0.714. The third-order valence-electron chi connectivity index (χ3n) is 7.42. The number of likely N-dealkylation sites (tertiary alicyclic amines) is 1. The van der Waals surface area contributed by atoms with Crippen molar-refractivity contribution in [1.29, 1.82) is 0 Å². The van der Waals surface area contributed by atoms with E-state index in [1.54, 1.807) is 4.90 Å². The first-order valence-corrected chi connectivity index (χ1v) is 13.5. The van der Waals surface area contributed by atoms with E-state index in [2.05, 4.69) is 18.7 Å². The van der Waals surface area contributed by atoms with Crippen LogP contribution in [0.4, 0.5) is 9.59 Å². The molecule has 1 aromatic rings. The van der Waals surface area contributed by atoms with Crippen molar-refractivity contribution in [3.8, 4) is 0 Å². The van der Waals surface area contributed by atoms with Gasteiger partial charge < -0.3 is 24.0 Å². The van der Waals surface area contributed by atoms with E-state index >= 15 is 0 Å². The first-order chi connectivity index (χ1) is 17.1. The second kappa shape index (κ2) is 11.4. The number of ether oxygens (including phenoxy) is 3. The number of hydrogen-bond donors (Lipinski definition) is 0. The number of carbonyl (C=O) groups excluding carboxylic acids is 2. The SMILES string of the molecule is C[C@@H]1CN(C(=O)OC(C)(C)C)C[C@H](C)N1C1CC(OC2CCN(C(=O)OCc3ccccc3)CC2)C1. The van der Waals surface area contributed by atoms with Crippen molar-refractivity contribution in [3.05, 3.63) is 35.9 Å². The molecular formula is C28H43N3O5. The maximum atomic E-state index is 12.5. The third-order valence-corrected chi connectivity index (χ3v) is 7.42. The van der Waals surface area contributed by atoms with Gasteiger partial charge in [0.25, 0.3) is 0 Å². The van der Waals surface area contributed by atoms with Crippen LogP contribution < -0.4 is 0 Å². The van der Waals surface area contributed by atoms with Crippen LogP contribution in [0.3, 0.4) is 0 Å². The van der Waals surface area contributed by atoms with Crippen molar-refractivity contribution in [2.24, 2.45) is 0 Å². The van der Waals surface area contributed by atoms with Crippen molar-refractivity contribution in [2.75, 3.05) is 26.2 Å². The van der Waals surface area contributed by atoms with Crippen LogP contribution in [0.15, 0.2) is 30.3 Å². The lowest BCUT2D eigenvalue weighted by molar-refractivity contribution is -0.122. The Labute approximate surface area is 215 Å². The van der Waals surface area contributed by atoms with Crippen LogP contribution in [-0.4, -0.2) is 89.0 Å². The van der Waals surface area contributed by atoms with Gasteiger partial charge in [-0.25, -0.2) is 9.59 Å².